The number of hydrogen-bond donors (Lipinski definition) is 0. The SMILES string of the molecule is CCCCCCCCCCC1CCC(CCCN(C)C(=O)C(C)C)CC1. The van der Waals surface area contributed by atoms with Crippen molar-refractivity contribution in [1.29, 1.82) is 0 Å². The van der Waals surface area contributed by atoms with Gasteiger partial charge in [0.1, 0.15) is 0 Å². The van der Waals surface area contributed by atoms with Crippen molar-refractivity contribution in [1.82, 2.24) is 4.90 Å². The summed E-state index contributed by atoms with van der Waals surface area (Å²) >= 11 is 0. The minimum absolute atomic E-state index is 0.131. The molecular formula is C24H47NO. The molecule has 154 valence electrons. The summed E-state index contributed by atoms with van der Waals surface area (Å²) in [6.45, 7) is 7.22. The molecule has 0 unspecified atom stereocenters. The molecule has 0 spiro atoms. The van der Waals surface area contributed by atoms with E-state index in [1.807, 2.05) is 25.8 Å². The van der Waals surface area contributed by atoms with Gasteiger partial charge in [-0.2, -0.15) is 0 Å². The first kappa shape index (κ1) is 23.5. The van der Waals surface area contributed by atoms with Gasteiger partial charge in [0, 0.05) is 19.5 Å². The van der Waals surface area contributed by atoms with E-state index in [2.05, 4.69) is 6.92 Å². The van der Waals surface area contributed by atoms with Gasteiger partial charge in [0.25, 0.3) is 0 Å². The molecule has 1 aliphatic carbocycles. The van der Waals surface area contributed by atoms with E-state index in [0.29, 0.717) is 5.91 Å². The van der Waals surface area contributed by atoms with Gasteiger partial charge in [-0.05, 0) is 24.7 Å². The standard InChI is InChI=1S/C24H47NO/c1-5-6-7-8-9-10-11-12-14-22-16-18-23(19-17-22)15-13-20-25(4)24(26)21(2)3/h21-23H,5-20H2,1-4H3. The van der Waals surface area contributed by atoms with E-state index in [0.717, 1.165) is 18.4 Å². The molecule has 0 bridgehead atoms. The van der Waals surface area contributed by atoms with Crippen LogP contribution in [0.4, 0.5) is 0 Å². The number of amides is 1. The van der Waals surface area contributed by atoms with Crippen LogP contribution in [0.3, 0.4) is 0 Å². The van der Waals surface area contributed by atoms with Crippen LogP contribution < -0.4 is 0 Å². The third kappa shape index (κ3) is 10.6. The van der Waals surface area contributed by atoms with E-state index in [-0.39, 0.29) is 5.92 Å². The van der Waals surface area contributed by atoms with Crippen LogP contribution in [-0.4, -0.2) is 24.4 Å². The fourth-order valence-corrected chi connectivity index (χ4v) is 4.54. The van der Waals surface area contributed by atoms with Crippen LogP contribution in [0.1, 0.15) is 117 Å². The van der Waals surface area contributed by atoms with Crippen molar-refractivity contribution in [3.05, 3.63) is 0 Å². The lowest BCUT2D eigenvalue weighted by Gasteiger charge is -2.29. The first-order chi connectivity index (χ1) is 12.5. The topological polar surface area (TPSA) is 20.3 Å². The van der Waals surface area contributed by atoms with Gasteiger partial charge in [-0.1, -0.05) is 104 Å². The maximum absolute atomic E-state index is 11.9. The Balaban J connectivity index is 1.97. The first-order valence-corrected chi connectivity index (χ1v) is 11.8. The van der Waals surface area contributed by atoms with E-state index in [1.165, 1.54) is 96.3 Å². The second-order valence-corrected chi connectivity index (χ2v) is 9.21. The zero-order valence-corrected chi connectivity index (χ0v) is 18.4. The van der Waals surface area contributed by atoms with Crippen molar-refractivity contribution < 1.29 is 4.79 Å². The predicted octanol–water partition coefficient (Wildman–Crippen LogP) is 7.22. The van der Waals surface area contributed by atoms with Crippen LogP contribution in [0.25, 0.3) is 0 Å². The molecule has 1 fully saturated rings. The van der Waals surface area contributed by atoms with Gasteiger partial charge >= 0.3 is 0 Å². The molecule has 0 radical (unpaired) electrons. The monoisotopic (exact) mass is 365 g/mol. The third-order valence-electron chi connectivity index (χ3n) is 6.41. The fourth-order valence-electron chi connectivity index (χ4n) is 4.54. The van der Waals surface area contributed by atoms with Crippen LogP contribution in [0.5, 0.6) is 0 Å². The summed E-state index contributed by atoms with van der Waals surface area (Å²) in [4.78, 5) is 13.8. The second kappa shape index (κ2) is 14.5. The van der Waals surface area contributed by atoms with Crippen molar-refractivity contribution >= 4 is 5.91 Å². The summed E-state index contributed by atoms with van der Waals surface area (Å²) in [6.07, 6.45) is 21.3. The Kier molecular flexibility index (Phi) is 13.1. The number of nitrogens with zero attached hydrogens (tertiary/aromatic N) is 1. The largest absolute Gasteiger partial charge is 0.346 e. The number of carbonyl (C=O) groups excluding carboxylic acids is 1. The zero-order valence-electron chi connectivity index (χ0n) is 18.4. The van der Waals surface area contributed by atoms with Gasteiger partial charge in [0.05, 0.1) is 0 Å². The number of rotatable bonds is 14. The van der Waals surface area contributed by atoms with E-state index in [9.17, 15) is 4.79 Å². The molecule has 1 saturated carbocycles. The molecule has 2 nitrogen and oxygen atoms in total. The lowest BCUT2D eigenvalue weighted by molar-refractivity contribution is -0.133. The third-order valence-corrected chi connectivity index (χ3v) is 6.41. The minimum Gasteiger partial charge on any atom is -0.346 e. The normalized spacial score (nSPS) is 20.5. The van der Waals surface area contributed by atoms with Crippen LogP contribution >= 0.6 is 0 Å². The maximum Gasteiger partial charge on any atom is 0.224 e. The fraction of sp³-hybridized carbons (Fsp3) is 0.958. The van der Waals surface area contributed by atoms with Gasteiger partial charge < -0.3 is 4.90 Å². The molecule has 0 saturated heterocycles. The van der Waals surface area contributed by atoms with Crippen LogP contribution in [0.2, 0.25) is 0 Å². The van der Waals surface area contributed by atoms with E-state index < -0.39 is 0 Å². The molecule has 1 aliphatic rings. The first-order valence-electron chi connectivity index (χ1n) is 11.8. The molecule has 1 rings (SSSR count). The Morgan fingerprint density at radius 2 is 1.27 bits per heavy atom. The number of carbonyl (C=O) groups is 1. The van der Waals surface area contributed by atoms with Crippen LogP contribution in [-0.2, 0) is 4.79 Å². The van der Waals surface area contributed by atoms with E-state index in [1.54, 1.807) is 0 Å². The van der Waals surface area contributed by atoms with Gasteiger partial charge in [-0.3, -0.25) is 4.79 Å². The maximum atomic E-state index is 11.9. The van der Waals surface area contributed by atoms with Gasteiger partial charge in [-0.25, -0.2) is 0 Å². The Hall–Kier alpha value is -0.530. The molecule has 0 aromatic rings. The van der Waals surface area contributed by atoms with Crippen LogP contribution in [0.15, 0.2) is 0 Å². The molecular weight excluding hydrogens is 318 g/mol. The van der Waals surface area contributed by atoms with Crippen molar-refractivity contribution in [2.24, 2.45) is 17.8 Å². The highest BCUT2D eigenvalue weighted by Crippen LogP contribution is 2.34. The van der Waals surface area contributed by atoms with Gasteiger partial charge in [0.15, 0.2) is 0 Å². The van der Waals surface area contributed by atoms with Crippen molar-refractivity contribution in [2.75, 3.05) is 13.6 Å². The molecule has 26 heavy (non-hydrogen) atoms. The average molecular weight is 366 g/mol. The summed E-state index contributed by atoms with van der Waals surface area (Å²) in [7, 11) is 1.96. The lowest BCUT2D eigenvalue weighted by atomic mass is 9.78. The van der Waals surface area contributed by atoms with Crippen molar-refractivity contribution in [3.63, 3.8) is 0 Å². The Bertz CT molecular complexity index is 344. The highest BCUT2D eigenvalue weighted by atomic mass is 16.2. The molecule has 0 aromatic carbocycles. The molecule has 1 amide bonds. The lowest BCUT2D eigenvalue weighted by Crippen LogP contribution is -2.31. The molecule has 2 heteroatoms. The number of unbranched alkanes of at least 4 members (excludes halogenated alkanes) is 7. The summed E-state index contributed by atoms with van der Waals surface area (Å²) in [5.41, 5.74) is 0. The highest BCUT2D eigenvalue weighted by molar-refractivity contribution is 5.77. The Labute approximate surface area is 164 Å². The quantitative estimate of drug-likeness (QED) is 0.298. The summed E-state index contributed by atoms with van der Waals surface area (Å²) in [5.74, 6) is 2.36. The Morgan fingerprint density at radius 3 is 1.77 bits per heavy atom. The molecule has 0 atom stereocenters. The molecule has 0 aliphatic heterocycles. The van der Waals surface area contributed by atoms with Gasteiger partial charge in [0.2, 0.25) is 5.91 Å². The minimum atomic E-state index is 0.131. The smallest absolute Gasteiger partial charge is 0.224 e. The van der Waals surface area contributed by atoms with E-state index in [4.69, 9.17) is 0 Å². The Morgan fingerprint density at radius 1 is 0.808 bits per heavy atom. The average Bonchev–Trinajstić information content (AvgIpc) is 2.64. The predicted molar refractivity (Wildman–Crippen MR) is 114 cm³/mol. The number of hydrogen-bond acceptors (Lipinski definition) is 1. The summed E-state index contributed by atoms with van der Waals surface area (Å²) < 4.78 is 0. The summed E-state index contributed by atoms with van der Waals surface area (Å²) in [5, 5.41) is 0. The van der Waals surface area contributed by atoms with Crippen molar-refractivity contribution in [3.8, 4) is 0 Å². The van der Waals surface area contributed by atoms with Crippen LogP contribution in [0, 0.1) is 17.8 Å². The summed E-state index contributed by atoms with van der Waals surface area (Å²) in [6, 6.07) is 0. The van der Waals surface area contributed by atoms with Crippen molar-refractivity contribution in [2.45, 2.75) is 117 Å². The van der Waals surface area contributed by atoms with E-state index >= 15 is 0 Å². The van der Waals surface area contributed by atoms with Gasteiger partial charge in [-0.15, -0.1) is 0 Å². The molecule has 0 heterocycles. The molecule has 0 aromatic heterocycles. The highest BCUT2D eigenvalue weighted by Gasteiger charge is 2.21. The zero-order chi connectivity index (χ0) is 19.2. The molecule has 0 N–H and O–H groups in total. The second-order valence-electron chi connectivity index (χ2n) is 9.21.